The van der Waals surface area contributed by atoms with Crippen molar-refractivity contribution in [1.82, 2.24) is 5.32 Å². The lowest BCUT2D eigenvalue weighted by molar-refractivity contribution is -0.392. The number of carbonyl (C=O) groups is 2. The predicted molar refractivity (Wildman–Crippen MR) is 146 cm³/mol. The van der Waals surface area contributed by atoms with Gasteiger partial charge >= 0.3 is 5.97 Å². The molecule has 49 heavy (non-hydrogen) atoms. The Kier molecular flexibility index (Phi) is 13.6. The van der Waals surface area contributed by atoms with E-state index in [1.54, 1.807) is 0 Å². The fourth-order valence-electron chi connectivity index (χ4n) is 5.90. The number of aliphatic hydroxyl groups excluding tert-OH is 12. The van der Waals surface area contributed by atoms with Crippen LogP contribution in [0.3, 0.4) is 0 Å². The lowest BCUT2D eigenvalue weighted by Crippen LogP contribution is -2.69. The van der Waals surface area contributed by atoms with Crippen molar-refractivity contribution in [1.29, 1.82) is 0 Å². The molecule has 0 aromatic heterocycles. The Morgan fingerprint density at radius 1 is 0.551 bits per heavy atom. The van der Waals surface area contributed by atoms with Crippen LogP contribution in [-0.2, 0) is 42.7 Å². The van der Waals surface area contributed by atoms with E-state index < -0.39 is 154 Å². The van der Waals surface area contributed by atoms with Crippen LogP contribution in [0.5, 0.6) is 0 Å². The monoisotopic (exact) mass is 721 g/mol. The lowest BCUT2D eigenvalue weighted by atomic mass is 9.95. The van der Waals surface area contributed by atoms with Gasteiger partial charge in [-0.3, -0.25) is 4.79 Å². The Bertz CT molecular complexity index is 1110. The molecule has 4 aliphatic heterocycles. The predicted octanol–water partition coefficient (Wildman–Crippen LogP) is -9.51. The van der Waals surface area contributed by atoms with Gasteiger partial charge in [0.2, 0.25) is 5.91 Å². The third kappa shape index (κ3) is 8.30. The van der Waals surface area contributed by atoms with Crippen molar-refractivity contribution < 1.29 is 109 Å². The van der Waals surface area contributed by atoms with Gasteiger partial charge < -0.3 is 105 Å². The average molecular weight is 722 g/mol. The summed E-state index contributed by atoms with van der Waals surface area (Å²) in [6.07, 6.45) is -36.7. The first-order valence-electron chi connectivity index (χ1n) is 15.1. The summed E-state index contributed by atoms with van der Waals surface area (Å²) < 4.78 is 38.1. The molecule has 4 fully saturated rings. The Morgan fingerprint density at radius 3 is 1.61 bits per heavy atom. The quantitative estimate of drug-likeness (QED) is 0.0941. The molecule has 0 radical (unpaired) electrons. The maximum Gasteiger partial charge on any atom is 0.335 e. The summed E-state index contributed by atoms with van der Waals surface area (Å²) in [6.45, 7) is -1.66. The van der Waals surface area contributed by atoms with Crippen LogP contribution >= 0.6 is 0 Å². The normalized spacial score (nSPS) is 49.3. The summed E-state index contributed by atoms with van der Waals surface area (Å²) >= 11 is 0. The smallest absolute Gasteiger partial charge is 0.335 e. The highest BCUT2D eigenvalue weighted by Crippen LogP contribution is 2.34. The van der Waals surface area contributed by atoms with Gasteiger partial charge in [0, 0.05) is 6.92 Å². The summed E-state index contributed by atoms with van der Waals surface area (Å²) in [5, 5.41) is 136. The first-order chi connectivity index (χ1) is 23.1. The molecule has 0 unspecified atom stereocenters. The van der Waals surface area contributed by atoms with Gasteiger partial charge in [-0.2, -0.15) is 0 Å². The molecule has 14 N–H and O–H groups in total. The van der Waals surface area contributed by atoms with E-state index in [0.717, 1.165) is 6.92 Å². The first-order valence-corrected chi connectivity index (χ1v) is 15.1. The largest absolute Gasteiger partial charge is 0.479 e. The van der Waals surface area contributed by atoms with Gasteiger partial charge in [0.1, 0.15) is 91.5 Å². The van der Waals surface area contributed by atoms with Crippen LogP contribution in [0.15, 0.2) is 0 Å². The molecule has 23 nitrogen and oxygen atoms in total. The zero-order valence-corrected chi connectivity index (χ0v) is 25.7. The number of rotatable bonds is 11. The number of carboxylic acids is 1. The van der Waals surface area contributed by atoms with E-state index in [2.05, 4.69) is 5.32 Å². The fraction of sp³-hybridized carbons (Fsp3) is 0.923. The highest BCUT2D eigenvalue weighted by Gasteiger charge is 2.56. The molecule has 4 aliphatic rings. The second-order valence-corrected chi connectivity index (χ2v) is 11.9. The minimum atomic E-state index is -2.18. The topological polar surface area (TPSA) is 374 Å². The summed E-state index contributed by atoms with van der Waals surface area (Å²) in [7, 11) is 0. The Morgan fingerprint density at radius 2 is 1.04 bits per heavy atom. The van der Waals surface area contributed by atoms with Crippen molar-refractivity contribution in [3.05, 3.63) is 0 Å². The molecular weight excluding hydrogens is 678 g/mol. The van der Waals surface area contributed by atoms with Gasteiger partial charge in [0.15, 0.2) is 31.3 Å². The molecule has 1 amide bonds. The van der Waals surface area contributed by atoms with Crippen molar-refractivity contribution in [2.75, 3.05) is 19.8 Å². The van der Waals surface area contributed by atoms with Gasteiger partial charge in [-0.15, -0.1) is 0 Å². The Labute approximate surface area is 276 Å². The van der Waals surface area contributed by atoms with Crippen LogP contribution in [0.1, 0.15) is 6.92 Å². The van der Waals surface area contributed by atoms with Gasteiger partial charge in [-0.25, -0.2) is 4.79 Å². The maximum absolute atomic E-state index is 11.9. The second-order valence-electron chi connectivity index (χ2n) is 11.9. The van der Waals surface area contributed by atoms with E-state index in [4.69, 9.17) is 33.2 Å². The van der Waals surface area contributed by atoms with E-state index in [1.165, 1.54) is 0 Å². The van der Waals surface area contributed by atoms with Crippen LogP contribution < -0.4 is 5.32 Å². The summed E-state index contributed by atoms with van der Waals surface area (Å²) in [5.41, 5.74) is 0. The van der Waals surface area contributed by atoms with Gasteiger partial charge in [-0.1, -0.05) is 0 Å². The van der Waals surface area contributed by atoms with Gasteiger partial charge in [-0.05, 0) is 0 Å². The van der Waals surface area contributed by atoms with Gasteiger partial charge in [0.05, 0.1) is 19.8 Å². The molecule has 0 aliphatic carbocycles. The molecular formula is C26H43NO22. The third-order valence-corrected chi connectivity index (χ3v) is 8.58. The lowest BCUT2D eigenvalue weighted by Gasteiger charge is -2.49. The zero-order chi connectivity index (χ0) is 36.5. The number of carbonyl (C=O) groups excluding carboxylic acids is 1. The van der Waals surface area contributed by atoms with E-state index in [-0.39, 0.29) is 0 Å². The van der Waals surface area contributed by atoms with Crippen molar-refractivity contribution in [2.45, 2.75) is 130 Å². The minimum absolute atomic E-state index is 0.723. The summed E-state index contributed by atoms with van der Waals surface area (Å²) in [6, 6.07) is -1.54. The number of hydrogen-bond donors (Lipinski definition) is 14. The molecule has 23 heteroatoms. The molecule has 4 heterocycles. The van der Waals surface area contributed by atoms with Crippen LogP contribution in [0.4, 0.5) is 0 Å². The van der Waals surface area contributed by atoms with Crippen LogP contribution in [0, 0.1) is 0 Å². The van der Waals surface area contributed by atoms with Crippen molar-refractivity contribution >= 4 is 11.9 Å². The number of nitrogens with one attached hydrogen (secondary N) is 1. The number of amides is 1. The third-order valence-electron chi connectivity index (χ3n) is 8.58. The highest BCUT2D eigenvalue weighted by atomic mass is 16.8. The van der Waals surface area contributed by atoms with Gasteiger partial charge in [0.25, 0.3) is 0 Å². The Balaban J connectivity index is 1.61. The molecule has 0 bridgehead atoms. The molecule has 0 aromatic rings. The van der Waals surface area contributed by atoms with Crippen LogP contribution in [0.25, 0.3) is 0 Å². The van der Waals surface area contributed by atoms with E-state index in [1.807, 2.05) is 0 Å². The number of carboxylic acid groups (broad SMARTS) is 1. The molecule has 0 spiro atoms. The minimum Gasteiger partial charge on any atom is -0.479 e. The number of hydrogen-bond acceptors (Lipinski definition) is 21. The van der Waals surface area contributed by atoms with Crippen molar-refractivity contribution in [3.8, 4) is 0 Å². The molecule has 0 aromatic carbocycles. The standard InChI is InChI=1S/C26H43NO22/c1-5(31)27-9-18(11(33)7(3-29)43-23(9)42)46-26-21(14(36)10(32)6(2-28)45-26)49-25-17(39)19(12(34)8(4-30)44-25)47-24-16(38)13(35)15(37)20(48-24)22(40)41/h6-21,23-26,28-30,32-39,42H,2-4H2,1H3,(H,27,31)(H,40,41)/t6-,7-,8-,9-,10-,11-,12-,13+,14+,15+,16-,17+,18-,19+,20+,21+,23-,24-,25-,26+/m1/s1. The SMILES string of the molecule is CC(=O)N[C@@H]1[C@@H](O[C@@H]2O[C@H](CO)[C@@H](O)[C@H](O)[C@@H]2O[C@H]2O[C@H](CO)[C@@H](O)[C@H](O[C@@H]3O[C@H](C(=O)O)[C@@H](O)[C@H](O)[C@H]3O)[C@@H]2O)[C@H](O)[C@@H](CO)O[C@H]1O. The van der Waals surface area contributed by atoms with E-state index in [9.17, 15) is 76.0 Å². The number of aliphatic hydroxyl groups is 12. The number of aliphatic carboxylic acids is 1. The van der Waals surface area contributed by atoms with Crippen molar-refractivity contribution in [3.63, 3.8) is 0 Å². The molecule has 0 saturated carbocycles. The molecule has 284 valence electrons. The first kappa shape index (κ1) is 40.0. The second kappa shape index (κ2) is 16.7. The van der Waals surface area contributed by atoms with E-state index in [0.29, 0.717) is 0 Å². The maximum atomic E-state index is 11.9. The molecule has 20 atom stereocenters. The summed E-state index contributed by atoms with van der Waals surface area (Å²) in [5.74, 6) is -2.49. The van der Waals surface area contributed by atoms with Crippen molar-refractivity contribution in [2.24, 2.45) is 0 Å². The fourth-order valence-corrected chi connectivity index (χ4v) is 5.90. The van der Waals surface area contributed by atoms with Crippen LogP contribution in [-0.4, -0.2) is 221 Å². The highest BCUT2D eigenvalue weighted by molar-refractivity contribution is 5.73. The van der Waals surface area contributed by atoms with Crippen LogP contribution in [0.2, 0.25) is 0 Å². The average Bonchev–Trinajstić information content (AvgIpc) is 3.05. The summed E-state index contributed by atoms with van der Waals surface area (Å²) in [4.78, 5) is 23.4. The number of ether oxygens (including phenoxy) is 7. The molecule has 4 rings (SSSR count). The zero-order valence-electron chi connectivity index (χ0n) is 25.7. The molecule has 4 saturated heterocycles. The Hall–Kier alpha value is -1.82. The van der Waals surface area contributed by atoms with E-state index >= 15 is 0 Å².